The minimum absolute atomic E-state index is 0.0123. The maximum absolute atomic E-state index is 13.1. The van der Waals surface area contributed by atoms with Gasteiger partial charge in [0.25, 0.3) is 0 Å². The monoisotopic (exact) mass is 387 g/mol. The van der Waals surface area contributed by atoms with Crippen molar-refractivity contribution in [3.8, 4) is 11.5 Å². The molecule has 1 N–H and O–H groups in total. The third kappa shape index (κ3) is 4.63. The van der Waals surface area contributed by atoms with Gasteiger partial charge in [-0.05, 0) is 61.7 Å². The molecule has 29 heavy (non-hydrogen) atoms. The molecule has 1 aromatic heterocycles. The van der Waals surface area contributed by atoms with Crippen LogP contribution in [0.5, 0.6) is 11.5 Å². The molecule has 2 heterocycles. The number of carbonyl (C=O) groups is 1. The molecule has 1 aliphatic rings. The van der Waals surface area contributed by atoms with Crippen LogP contribution in [-0.2, 0) is 11.3 Å². The molecular weight excluding hydrogens is 362 g/mol. The molecule has 148 valence electrons. The first-order valence-electron chi connectivity index (χ1n) is 9.97. The van der Waals surface area contributed by atoms with E-state index in [1.807, 2.05) is 42.5 Å². The van der Waals surface area contributed by atoms with Crippen molar-refractivity contribution in [3.05, 3.63) is 84.2 Å². The number of carbonyl (C=O) groups excluding carboxylic acids is 1. The Morgan fingerprint density at radius 2 is 1.97 bits per heavy atom. The lowest BCUT2D eigenvalue weighted by Crippen LogP contribution is -2.39. The Labute approximate surface area is 171 Å². The Bertz CT molecular complexity index is 975. The Kier molecular flexibility index (Phi) is 5.86. The number of benzene rings is 2. The molecule has 3 aromatic rings. The predicted molar refractivity (Wildman–Crippen MR) is 114 cm³/mol. The van der Waals surface area contributed by atoms with Crippen LogP contribution in [0.4, 0.5) is 5.69 Å². The summed E-state index contributed by atoms with van der Waals surface area (Å²) < 4.78 is 5.92. The van der Waals surface area contributed by atoms with Gasteiger partial charge in [0.05, 0.1) is 17.9 Å². The first-order valence-corrected chi connectivity index (χ1v) is 9.97. The Morgan fingerprint density at radius 1 is 1.14 bits per heavy atom. The molecule has 0 bridgehead atoms. The maximum Gasteiger partial charge on any atom is 0.241 e. The standard InChI is InChI=1S/C24H25N3O2/c1-18-8-2-3-9-19(18)17-27-15-7-12-22(27)24(28)26-21-11-4-5-13-23(21)29-20-10-6-14-25-16-20/h2-6,8-11,13-14,16,22H,7,12,15,17H2,1H3,(H,26,28)/t22-/m0/s1. The highest BCUT2D eigenvalue weighted by Gasteiger charge is 2.31. The highest BCUT2D eigenvalue weighted by molar-refractivity contribution is 5.96. The predicted octanol–water partition coefficient (Wildman–Crippen LogP) is 4.79. The minimum Gasteiger partial charge on any atom is -0.454 e. The van der Waals surface area contributed by atoms with Gasteiger partial charge in [0.15, 0.2) is 5.75 Å². The number of aryl methyl sites for hydroxylation is 1. The van der Waals surface area contributed by atoms with E-state index in [1.165, 1.54) is 11.1 Å². The van der Waals surface area contributed by atoms with Gasteiger partial charge in [0.1, 0.15) is 5.75 Å². The van der Waals surface area contributed by atoms with Gasteiger partial charge in [-0.3, -0.25) is 14.7 Å². The number of rotatable bonds is 6. The average molecular weight is 387 g/mol. The Hall–Kier alpha value is -3.18. The molecule has 5 heteroatoms. The zero-order valence-electron chi connectivity index (χ0n) is 16.5. The van der Waals surface area contributed by atoms with Crippen molar-refractivity contribution in [2.45, 2.75) is 32.4 Å². The summed E-state index contributed by atoms with van der Waals surface area (Å²) in [4.78, 5) is 19.4. The van der Waals surface area contributed by atoms with Crippen LogP contribution in [0.3, 0.4) is 0 Å². The number of ether oxygens (including phenoxy) is 1. The lowest BCUT2D eigenvalue weighted by Gasteiger charge is -2.25. The number of anilines is 1. The number of para-hydroxylation sites is 2. The van der Waals surface area contributed by atoms with Gasteiger partial charge in [0.2, 0.25) is 5.91 Å². The second-order valence-electron chi connectivity index (χ2n) is 7.33. The van der Waals surface area contributed by atoms with E-state index in [0.717, 1.165) is 25.9 Å². The first-order chi connectivity index (χ1) is 14.2. The number of pyridine rings is 1. The third-order valence-corrected chi connectivity index (χ3v) is 5.31. The summed E-state index contributed by atoms with van der Waals surface area (Å²) in [6.45, 7) is 3.84. The molecule has 1 aliphatic heterocycles. The maximum atomic E-state index is 13.1. The summed E-state index contributed by atoms with van der Waals surface area (Å²) >= 11 is 0. The number of aromatic nitrogens is 1. The van der Waals surface area contributed by atoms with Gasteiger partial charge >= 0.3 is 0 Å². The molecule has 0 spiro atoms. The average Bonchev–Trinajstić information content (AvgIpc) is 3.20. The highest BCUT2D eigenvalue weighted by Crippen LogP contribution is 2.30. The summed E-state index contributed by atoms with van der Waals surface area (Å²) in [6.07, 6.45) is 5.24. The van der Waals surface area contributed by atoms with E-state index < -0.39 is 0 Å². The van der Waals surface area contributed by atoms with E-state index in [9.17, 15) is 4.79 Å². The molecule has 0 unspecified atom stereocenters. The van der Waals surface area contributed by atoms with Crippen molar-refractivity contribution in [2.75, 3.05) is 11.9 Å². The van der Waals surface area contributed by atoms with E-state index >= 15 is 0 Å². The zero-order chi connectivity index (χ0) is 20.1. The fraction of sp³-hybridized carbons (Fsp3) is 0.250. The van der Waals surface area contributed by atoms with Crippen molar-refractivity contribution in [3.63, 3.8) is 0 Å². The number of nitrogens with one attached hydrogen (secondary N) is 1. The number of likely N-dealkylation sites (tertiary alicyclic amines) is 1. The van der Waals surface area contributed by atoms with Crippen molar-refractivity contribution in [1.82, 2.24) is 9.88 Å². The van der Waals surface area contributed by atoms with Gasteiger partial charge in [-0.1, -0.05) is 36.4 Å². The van der Waals surface area contributed by atoms with Crippen LogP contribution >= 0.6 is 0 Å². The molecular formula is C24H25N3O2. The van der Waals surface area contributed by atoms with Crippen molar-refractivity contribution >= 4 is 11.6 Å². The molecule has 1 amide bonds. The van der Waals surface area contributed by atoms with Crippen LogP contribution < -0.4 is 10.1 Å². The summed E-state index contributed by atoms with van der Waals surface area (Å²) in [7, 11) is 0. The highest BCUT2D eigenvalue weighted by atomic mass is 16.5. The molecule has 1 fully saturated rings. The topological polar surface area (TPSA) is 54.5 Å². The zero-order valence-corrected chi connectivity index (χ0v) is 16.5. The van der Waals surface area contributed by atoms with Crippen LogP contribution in [0.2, 0.25) is 0 Å². The second-order valence-corrected chi connectivity index (χ2v) is 7.33. The summed E-state index contributed by atoms with van der Waals surface area (Å²) in [6, 6.07) is 19.4. The molecule has 1 saturated heterocycles. The van der Waals surface area contributed by atoms with E-state index in [-0.39, 0.29) is 11.9 Å². The van der Waals surface area contributed by atoms with Crippen LogP contribution in [-0.4, -0.2) is 28.4 Å². The van der Waals surface area contributed by atoms with Crippen LogP contribution in [0, 0.1) is 6.92 Å². The lowest BCUT2D eigenvalue weighted by molar-refractivity contribution is -0.120. The van der Waals surface area contributed by atoms with Gasteiger partial charge < -0.3 is 10.1 Å². The van der Waals surface area contributed by atoms with Crippen molar-refractivity contribution < 1.29 is 9.53 Å². The van der Waals surface area contributed by atoms with Crippen molar-refractivity contribution in [1.29, 1.82) is 0 Å². The normalized spacial score (nSPS) is 16.5. The Balaban J connectivity index is 1.47. The van der Waals surface area contributed by atoms with E-state index in [1.54, 1.807) is 12.4 Å². The smallest absolute Gasteiger partial charge is 0.241 e. The molecule has 0 radical (unpaired) electrons. The number of nitrogens with zero attached hydrogens (tertiary/aromatic N) is 2. The Morgan fingerprint density at radius 3 is 2.79 bits per heavy atom. The second kappa shape index (κ2) is 8.88. The molecule has 0 saturated carbocycles. The lowest BCUT2D eigenvalue weighted by atomic mass is 10.1. The van der Waals surface area contributed by atoms with E-state index in [2.05, 4.69) is 40.3 Å². The van der Waals surface area contributed by atoms with Gasteiger partial charge in [-0.25, -0.2) is 0 Å². The first kappa shape index (κ1) is 19.2. The number of hydrogen-bond acceptors (Lipinski definition) is 4. The summed E-state index contributed by atoms with van der Waals surface area (Å²) in [5.74, 6) is 1.26. The fourth-order valence-electron chi connectivity index (χ4n) is 3.73. The van der Waals surface area contributed by atoms with Crippen LogP contribution in [0.25, 0.3) is 0 Å². The summed E-state index contributed by atoms with van der Waals surface area (Å²) in [5, 5.41) is 3.08. The van der Waals surface area contributed by atoms with Crippen LogP contribution in [0.1, 0.15) is 24.0 Å². The quantitative estimate of drug-likeness (QED) is 0.661. The molecule has 5 nitrogen and oxygen atoms in total. The van der Waals surface area contributed by atoms with Gasteiger partial charge in [-0.15, -0.1) is 0 Å². The third-order valence-electron chi connectivity index (χ3n) is 5.31. The largest absolute Gasteiger partial charge is 0.454 e. The van der Waals surface area contributed by atoms with Crippen molar-refractivity contribution in [2.24, 2.45) is 0 Å². The summed E-state index contributed by atoms with van der Waals surface area (Å²) in [5.41, 5.74) is 3.20. The van der Waals surface area contributed by atoms with E-state index in [0.29, 0.717) is 17.2 Å². The molecule has 4 rings (SSSR count). The van der Waals surface area contributed by atoms with E-state index in [4.69, 9.17) is 4.74 Å². The molecule has 2 aromatic carbocycles. The van der Waals surface area contributed by atoms with Gasteiger partial charge in [0, 0.05) is 12.7 Å². The number of amides is 1. The number of hydrogen-bond donors (Lipinski definition) is 1. The SMILES string of the molecule is Cc1ccccc1CN1CCC[C@H]1C(=O)Nc1ccccc1Oc1cccnc1. The molecule has 0 aliphatic carbocycles. The van der Waals surface area contributed by atoms with Crippen LogP contribution in [0.15, 0.2) is 73.1 Å². The molecule has 1 atom stereocenters. The minimum atomic E-state index is -0.138. The van der Waals surface area contributed by atoms with Gasteiger partial charge in [-0.2, -0.15) is 0 Å². The fourth-order valence-corrected chi connectivity index (χ4v) is 3.73.